The molecule has 170 valence electrons. The molecule has 7 nitrogen and oxygen atoms in total. The third kappa shape index (κ3) is 7.92. The predicted molar refractivity (Wildman–Crippen MR) is 121 cm³/mol. The summed E-state index contributed by atoms with van der Waals surface area (Å²) in [5, 5.41) is 0. The second kappa shape index (κ2) is 12.3. The van der Waals surface area contributed by atoms with Gasteiger partial charge in [-0.05, 0) is 49.2 Å². The number of methoxy groups -OCH3 is 1. The molecule has 0 bridgehead atoms. The number of ether oxygens (including phenoxy) is 5. The first-order valence-electron chi connectivity index (χ1n) is 10.0. The summed E-state index contributed by atoms with van der Waals surface area (Å²) in [4.78, 5) is 23.2. The molecule has 0 fully saturated rings. The van der Waals surface area contributed by atoms with Crippen LogP contribution in [0.2, 0.25) is 0 Å². The highest BCUT2D eigenvalue weighted by Crippen LogP contribution is 2.31. The summed E-state index contributed by atoms with van der Waals surface area (Å²) in [6.07, 6.45) is 0. The summed E-state index contributed by atoms with van der Waals surface area (Å²) in [7, 11) is 1.60. The van der Waals surface area contributed by atoms with Gasteiger partial charge < -0.3 is 23.7 Å². The largest absolute Gasteiger partial charge is 0.491 e. The normalized spacial score (nSPS) is 10.2. The van der Waals surface area contributed by atoms with Crippen LogP contribution in [0.15, 0.2) is 66.8 Å². The first-order chi connectivity index (χ1) is 15.3. The third-order valence-corrected chi connectivity index (χ3v) is 4.12. The Hall–Kier alpha value is -3.58. The first-order valence-corrected chi connectivity index (χ1v) is 10.0. The van der Waals surface area contributed by atoms with Crippen LogP contribution in [0, 0.1) is 0 Å². The molecule has 32 heavy (non-hydrogen) atoms. The van der Waals surface area contributed by atoms with Gasteiger partial charge in [0.05, 0.1) is 6.61 Å². The Labute approximate surface area is 188 Å². The van der Waals surface area contributed by atoms with Gasteiger partial charge in [-0.15, -0.1) is 0 Å². The number of benzene rings is 2. The highest BCUT2D eigenvalue weighted by Gasteiger charge is 2.09. The molecule has 0 aromatic heterocycles. The van der Waals surface area contributed by atoms with E-state index in [1.807, 2.05) is 24.3 Å². The van der Waals surface area contributed by atoms with Crippen LogP contribution in [0.25, 0.3) is 11.1 Å². The number of esters is 2. The summed E-state index contributed by atoms with van der Waals surface area (Å²) >= 11 is 0. The van der Waals surface area contributed by atoms with Crippen molar-refractivity contribution < 1.29 is 33.3 Å². The number of rotatable bonds is 12. The summed E-state index contributed by atoms with van der Waals surface area (Å²) in [6.45, 7) is 11.4. The van der Waals surface area contributed by atoms with Crippen molar-refractivity contribution in [2.75, 3.05) is 33.5 Å². The van der Waals surface area contributed by atoms with Crippen molar-refractivity contribution >= 4 is 11.9 Å². The standard InChI is InChI=1S/C25H28O7/c1-17(2)24(26)31-13-12-30-23-15-20(14-22(16-23)29-11-10-28-5)19-6-8-21(9-7-19)32-25(27)18(3)4/h6-9,14-16H,1,3,10-13H2,2,4-5H3. The van der Waals surface area contributed by atoms with Crippen LogP contribution in [0.1, 0.15) is 13.8 Å². The van der Waals surface area contributed by atoms with E-state index in [0.717, 1.165) is 11.1 Å². The summed E-state index contributed by atoms with van der Waals surface area (Å²) in [5.74, 6) is 0.642. The molecule has 0 saturated heterocycles. The lowest BCUT2D eigenvalue weighted by atomic mass is 10.0. The molecule has 0 unspecified atom stereocenters. The lowest BCUT2D eigenvalue weighted by molar-refractivity contribution is -0.139. The van der Waals surface area contributed by atoms with Crippen LogP contribution >= 0.6 is 0 Å². The fraction of sp³-hybridized carbons (Fsp3) is 0.280. The van der Waals surface area contributed by atoms with Crippen LogP contribution in [0.3, 0.4) is 0 Å². The van der Waals surface area contributed by atoms with E-state index in [9.17, 15) is 9.59 Å². The maximum absolute atomic E-state index is 11.7. The molecule has 0 N–H and O–H groups in total. The Morgan fingerprint density at radius 3 is 1.81 bits per heavy atom. The van der Waals surface area contributed by atoms with Crippen LogP contribution in [0.5, 0.6) is 17.2 Å². The van der Waals surface area contributed by atoms with Gasteiger partial charge >= 0.3 is 11.9 Å². The van der Waals surface area contributed by atoms with E-state index in [2.05, 4.69) is 13.2 Å². The van der Waals surface area contributed by atoms with Crippen LogP contribution in [-0.4, -0.2) is 45.5 Å². The van der Waals surface area contributed by atoms with E-state index in [1.54, 1.807) is 39.2 Å². The molecule has 0 heterocycles. The molecule has 7 heteroatoms. The smallest absolute Gasteiger partial charge is 0.338 e. The number of carbonyl (C=O) groups is 2. The molecule has 0 radical (unpaired) electrons. The van der Waals surface area contributed by atoms with Gasteiger partial charge in [-0.25, -0.2) is 9.59 Å². The van der Waals surface area contributed by atoms with E-state index in [4.69, 9.17) is 23.7 Å². The molecule has 2 rings (SSSR count). The van der Waals surface area contributed by atoms with Gasteiger partial charge in [-0.3, -0.25) is 0 Å². The van der Waals surface area contributed by atoms with Gasteiger partial charge in [0.15, 0.2) is 0 Å². The third-order valence-electron chi connectivity index (χ3n) is 4.12. The van der Waals surface area contributed by atoms with E-state index in [0.29, 0.717) is 41.6 Å². The Bertz CT molecular complexity index is 961. The SMILES string of the molecule is C=C(C)C(=O)OCCOc1cc(OCCOC)cc(-c2ccc(OC(=O)C(=C)C)cc2)c1. The maximum atomic E-state index is 11.7. The van der Waals surface area contributed by atoms with Crippen molar-refractivity contribution in [1.29, 1.82) is 0 Å². The minimum atomic E-state index is -0.477. The Kier molecular flexibility index (Phi) is 9.50. The van der Waals surface area contributed by atoms with Crippen molar-refractivity contribution in [2.24, 2.45) is 0 Å². The van der Waals surface area contributed by atoms with E-state index >= 15 is 0 Å². The van der Waals surface area contributed by atoms with Gasteiger partial charge in [-0.2, -0.15) is 0 Å². The van der Waals surface area contributed by atoms with Crippen molar-refractivity contribution in [3.63, 3.8) is 0 Å². The molecule has 0 amide bonds. The Morgan fingerprint density at radius 1 is 0.719 bits per heavy atom. The number of hydrogen-bond acceptors (Lipinski definition) is 7. The number of carbonyl (C=O) groups excluding carboxylic acids is 2. The van der Waals surface area contributed by atoms with E-state index in [1.165, 1.54) is 0 Å². The molecule has 0 spiro atoms. The van der Waals surface area contributed by atoms with Crippen LogP contribution in [-0.2, 0) is 19.1 Å². The van der Waals surface area contributed by atoms with Crippen LogP contribution in [0.4, 0.5) is 0 Å². The van der Waals surface area contributed by atoms with Gasteiger partial charge in [0.1, 0.15) is 37.1 Å². The minimum Gasteiger partial charge on any atom is -0.491 e. The highest BCUT2D eigenvalue weighted by molar-refractivity contribution is 5.89. The summed E-state index contributed by atoms with van der Waals surface area (Å²) < 4.78 is 26.8. The molecular formula is C25H28O7. The molecule has 0 atom stereocenters. The zero-order valence-corrected chi connectivity index (χ0v) is 18.6. The lowest BCUT2D eigenvalue weighted by Gasteiger charge is -2.13. The second-order valence-corrected chi connectivity index (χ2v) is 6.99. The molecule has 0 aliphatic carbocycles. The molecular weight excluding hydrogens is 412 g/mol. The molecule has 2 aromatic rings. The van der Waals surface area contributed by atoms with Crippen molar-refractivity contribution in [3.05, 3.63) is 66.8 Å². The van der Waals surface area contributed by atoms with E-state index in [-0.39, 0.29) is 13.2 Å². The first kappa shape index (κ1) is 24.7. The molecule has 0 saturated carbocycles. The van der Waals surface area contributed by atoms with Gasteiger partial charge in [0, 0.05) is 24.3 Å². The highest BCUT2D eigenvalue weighted by atomic mass is 16.6. The predicted octanol–water partition coefficient (Wildman–Crippen LogP) is 4.36. The van der Waals surface area contributed by atoms with Crippen molar-refractivity contribution in [1.82, 2.24) is 0 Å². The van der Waals surface area contributed by atoms with Gasteiger partial charge in [0.2, 0.25) is 0 Å². The average molecular weight is 440 g/mol. The van der Waals surface area contributed by atoms with E-state index < -0.39 is 11.9 Å². The number of hydrogen-bond donors (Lipinski definition) is 0. The molecule has 0 aliphatic rings. The quantitative estimate of drug-likeness (QED) is 0.210. The monoisotopic (exact) mass is 440 g/mol. The van der Waals surface area contributed by atoms with Gasteiger partial charge in [0.25, 0.3) is 0 Å². The summed E-state index contributed by atoms with van der Waals surface area (Å²) in [6, 6.07) is 12.5. The topological polar surface area (TPSA) is 80.3 Å². The fourth-order valence-electron chi connectivity index (χ4n) is 2.47. The molecule has 0 aliphatic heterocycles. The fourth-order valence-corrected chi connectivity index (χ4v) is 2.47. The van der Waals surface area contributed by atoms with Gasteiger partial charge in [-0.1, -0.05) is 25.3 Å². The maximum Gasteiger partial charge on any atom is 0.338 e. The molecule has 2 aromatic carbocycles. The lowest BCUT2D eigenvalue weighted by Crippen LogP contribution is -2.12. The minimum absolute atomic E-state index is 0.0958. The van der Waals surface area contributed by atoms with Crippen molar-refractivity contribution in [2.45, 2.75) is 13.8 Å². The average Bonchev–Trinajstić information content (AvgIpc) is 2.77. The summed E-state index contributed by atoms with van der Waals surface area (Å²) in [5.41, 5.74) is 2.37. The second-order valence-electron chi connectivity index (χ2n) is 6.99. The Balaban J connectivity index is 2.15. The van der Waals surface area contributed by atoms with Crippen molar-refractivity contribution in [3.8, 4) is 28.4 Å². The van der Waals surface area contributed by atoms with Crippen LogP contribution < -0.4 is 14.2 Å². The zero-order valence-electron chi connectivity index (χ0n) is 18.6. The Morgan fingerprint density at radius 2 is 1.28 bits per heavy atom. The zero-order chi connectivity index (χ0) is 23.5.